The standard InChI is InChI=1S/C9H6BrNO3S/c1-4-3-15-8(7(4)10)5-2-6(9(12)13)14-11-5/h2-3H,1H3,(H,12,13). The number of aryl methyl sites for hydroxylation is 1. The Morgan fingerprint density at radius 3 is 2.87 bits per heavy atom. The van der Waals surface area contributed by atoms with Crippen molar-refractivity contribution in [2.45, 2.75) is 6.92 Å². The van der Waals surface area contributed by atoms with Gasteiger partial charge >= 0.3 is 5.97 Å². The number of carboxylic acids is 1. The second kappa shape index (κ2) is 3.79. The Kier molecular flexibility index (Phi) is 2.62. The van der Waals surface area contributed by atoms with Gasteiger partial charge in [0, 0.05) is 10.5 Å². The molecule has 6 heteroatoms. The van der Waals surface area contributed by atoms with Crippen LogP contribution in [0.4, 0.5) is 0 Å². The van der Waals surface area contributed by atoms with Crippen LogP contribution in [0.15, 0.2) is 20.4 Å². The lowest BCUT2D eigenvalue weighted by molar-refractivity contribution is 0.0652. The Morgan fingerprint density at radius 2 is 2.40 bits per heavy atom. The van der Waals surface area contributed by atoms with E-state index in [-0.39, 0.29) is 5.76 Å². The van der Waals surface area contributed by atoms with Crippen molar-refractivity contribution in [2.24, 2.45) is 0 Å². The van der Waals surface area contributed by atoms with Gasteiger partial charge in [-0.1, -0.05) is 5.16 Å². The Bertz CT molecular complexity index is 517. The summed E-state index contributed by atoms with van der Waals surface area (Å²) in [4.78, 5) is 11.5. The summed E-state index contributed by atoms with van der Waals surface area (Å²) in [6, 6.07) is 1.42. The molecular formula is C9H6BrNO3S. The molecule has 0 aliphatic rings. The second-order valence-electron chi connectivity index (χ2n) is 2.94. The predicted octanol–water partition coefficient (Wildman–Crippen LogP) is 3.17. The van der Waals surface area contributed by atoms with Crippen molar-refractivity contribution in [1.29, 1.82) is 0 Å². The molecule has 0 amide bonds. The van der Waals surface area contributed by atoms with Gasteiger partial charge in [-0.15, -0.1) is 11.3 Å². The largest absolute Gasteiger partial charge is 0.475 e. The number of hydrogen-bond donors (Lipinski definition) is 1. The van der Waals surface area contributed by atoms with Crippen LogP contribution in [-0.2, 0) is 0 Å². The number of rotatable bonds is 2. The first-order chi connectivity index (χ1) is 7.09. The third kappa shape index (κ3) is 1.82. The Balaban J connectivity index is 2.46. The third-order valence-corrected chi connectivity index (χ3v) is 4.26. The summed E-state index contributed by atoms with van der Waals surface area (Å²) < 4.78 is 5.61. The summed E-state index contributed by atoms with van der Waals surface area (Å²) in [5.41, 5.74) is 1.63. The SMILES string of the molecule is Cc1csc(-c2cc(C(=O)O)on2)c1Br. The number of thiophene rings is 1. The minimum atomic E-state index is -1.11. The van der Waals surface area contributed by atoms with E-state index in [1.807, 2.05) is 12.3 Å². The lowest BCUT2D eigenvalue weighted by Gasteiger charge is -1.90. The first kappa shape index (κ1) is 10.4. The number of carboxylic acid groups (broad SMARTS) is 1. The van der Waals surface area contributed by atoms with Crippen LogP contribution in [0.25, 0.3) is 10.6 Å². The molecule has 1 N–H and O–H groups in total. The van der Waals surface area contributed by atoms with Crippen molar-refractivity contribution in [1.82, 2.24) is 5.16 Å². The maximum absolute atomic E-state index is 10.6. The first-order valence-electron chi connectivity index (χ1n) is 4.03. The number of halogens is 1. The smallest absolute Gasteiger partial charge is 0.374 e. The van der Waals surface area contributed by atoms with E-state index in [0.717, 1.165) is 14.9 Å². The van der Waals surface area contributed by atoms with Crippen LogP contribution >= 0.6 is 27.3 Å². The van der Waals surface area contributed by atoms with Crippen LogP contribution in [0.1, 0.15) is 16.1 Å². The second-order valence-corrected chi connectivity index (χ2v) is 4.62. The van der Waals surface area contributed by atoms with Crippen molar-refractivity contribution < 1.29 is 14.4 Å². The molecular weight excluding hydrogens is 282 g/mol. The molecule has 78 valence electrons. The van der Waals surface area contributed by atoms with Crippen LogP contribution in [0.2, 0.25) is 0 Å². The highest BCUT2D eigenvalue weighted by Crippen LogP contribution is 2.36. The molecule has 0 unspecified atom stereocenters. The lowest BCUT2D eigenvalue weighted by Crippen LogP contribution is -1.91. The fraction of sp³-hybridized carbons (Fsp3) is 0.111. The summed E-state index contributed by atoms with van der Waals surface area (Å²) >= 11 is 4.91. The molecule has 2 aromatic heterocycles. The van der Waals surface area contributed by atoms with Crippen LogP contribution in [-0.4, -0.2) is 16.2 Å². The van der Waals surface area contributed by atoms with Crippen molar-refractivity contribution in [3.63, 3.8) is 0 Å². The maximum Gasteiger partial charge on any atom is 0.374 e. The van der Waals surface area contributed by atoms with Crippen molar-refractivity contribution in [3.8, 4) is 10.6 Å². The lowest BCUT2D eigenvalue weighted by atomic mass is 10.3. The minimum absolute atomic E-state index is 0.150. The van der Waals surface area contributed by atoms with Gasteiger partial charge in [0.05, 0.1) is 4.88 Å². The molecule has 2 rings (SSSR count). The minimum Gasteiger partial charge on any atom is -0.475 e. The third-order valence-electron chi connectivity index (χ3n) is 1.85. The molecule has 0 spiro atoms. The molecule has 15 heavy (non-hydrogen) atoms. The van der Waals surface area contributed by atoms with E-state index >= 15 is 0 Å². The van der Waals surface area contributed by atoms with E-state index in [9.17, 15) is 4.79 Å². The normalized spacial score (nSPS) is 10.5. The van der Waals surface area contributed by atoms with Crippen LogP contribution in [0.3, 0.4) is 0 Å². The van der Waals surface area contributed by atoms with Crippen molar-refractivity contribution >= 4 is 33.2 Å². The summed E-state index contributed by atoms with van der Waals surface area (Å²) in [5.74, 6) is -1.26. The Labute approximate surface area is 97.6 Å². The highest BCUT2D eigenvalue weighted by atomic mass is 79.9. The summed E-state index contributed by atoms with van der Waals surface area (Å²) in [5, 5.41) is 14.4. The van der Waals surface area contributed by atoms with Gasteiger partial charge in [0.1, 0.15) is 5.69 Å². The van der Waals surface area contributed by atoms with Gasteiger partial charge in [-0.2, -0.15) is 0 Å². The number of aromatic carboxylic acids is 1. The fourth-order valence-corrected chi connectivity index (χ4v) is 2.73. The molecule has 2 heterocycles. The summed E-state index contributed by atoms with van der Waals surface area (Å²) in [7, 11) is 0. The van der Waals surface area contributed by atoms with E-state index in [1.165, 1.54) is 17.4 Å². The average molecular weight is 288 g/mol. The quantitative estimate of drug-likeness (QED) is 0.921. The summed E-state index contributed by atoms with van der Waals surface area (Å²) in [6.45, 7) is 1.96. The van der Waals surface area contributed by atoms with Gasteiger partial charge < -0.3 is 9.63 Å². The van der Waals surface area contributed by atoms with Gasteiger partial charge in [-0.05, 0) is 33.8 Å². The molecule has 0 fully saturated rings. The van der Waals surface area contributed by atoms with E-state index in [0.29, 0.717) is 5.69 Å². The number of aromatic nitrogens is 1. The maximum atomic E-state index is 10.6. The average Bonchev–Trinajstić information content (AvgIpc) is 2.76. The van der Waals surface area contributed by atoms with Crippen LogP contribution < -0.4 is 0 Å². The molecule has 0 radical (unpaired) electrons. The van der Waals surface area contributed by atoms with Gasteiger partial charge in [0.15, 0.2) is 0 Å². The molecule has 0 saturated carbocycles. The van der Waals surface area contributed by atoms with Gasteiger partial charge in [-0.3, -0.25) is 0 Å². The molecule has 0 bridgehead atoms. The topological polar surface area (TPSA) is 63.3 Å². The fourth-order valence-electron chi connectivity index (χ4n) is 1.09. The van der Waals surface area contributed by atoms with Crippen LogP contribution in [0, 0.1) is 6.92 Å². The Hall–Kier alpha value is -1.14. The van der Waals surface area contributed by atoms with Gasteiger partial charge in [-0.25, -0.2) is 4.79 Å². The zero-order valence-electron chi connectivity index (χ0n) is 7.65. The number of nitrogens with zero attached hydrogens (tertiary/aromatic N) is 1. The molecule has 0 atom stereocenters. The molecule has 0 saturated heterocycles. The molecule has 2 aromatic rings. The van der Waals surface area contributed by atoms with Gasteiger partial charge in [0.2, 0.25) is 5.76 Å². The van der Waals surface area contributed by atoms with Crippen molar-refractivity contribution in [3.05, 3.63) is 27.2 Å². The predicted molar refractivity (Wildman–Crippen MR) is 59.2 cm³/mol. The van der Waals surface area contributed by atoms with E-state index in [4.69, 9.17) is 5.11 Å². The van der Waals surface area contributed by atoms with Crippen LogP contribution in [0.5, 0.6) is 0 Å². The monoisotopic (exact) mass is 287 g/mol. The Morgan fingerprint density at radius 1 is 1.67 bits per heavy atom. The zero-order valence-corrected chi connectivity index (χ0v) is 10.1. The van der Waals surface area contributed by atoms with Crippen molar-refractivity contribution in [2.75, 3.05) is 0 Å². The number of hydrogen-bond acceptors (Lipinski definition) is 4. The molecule has 4 nitrogen and oxygen atoms in total. The van der Waals surface area contributed by atoms with E-state index in [2.05, 4.69) is 25.6 Å². The van der Waals surface area contributed by atoms with Gasteiger partial charge in [0.25, 0.3) is 0 Å². The molecule has 0 aliphatic heterocycles. The van der Waals surface area contributed by atoms with E-state index in [1.54, 1.807) is 0 Å². The highest BCUT2D eigenvalue weighted by Gasteiger charge is 2.16. The first-order valence-corrected chi connectivity index (χ1v) is 5.71. The van der Waals surface area contributed by atoms with E-state index < -0.39 is 5.97 Å². The molecule has 0 aromatic carbocycles. The zero-order chi connectivity index (χ0) is 11.0. The summed E-state index contributed by atoms with van der Waals surface area (Å²) in [6.07, 6.45) is 0. The number of carbonyl (C=O) groups is 1. The molecule has 0 aliphatic carbocycles. The highest BCUT2D eigenvalue weighted by molar-refractivity contribution is 9.10.